The molecule has 0 rings (SSSR count). The van der Waals surface area contributed by atoms with Crippen molar-refractivity contribution in [1.82, 2.24) is 0 Å². The molecule has 0 unspecified atom stereocenters. The van der Waals surface area contributed by atoms with Gasteiger partial charge in [-0.25, -0.2) is 0 Å². The van der Waals surface area contributed by atoms with Gasteiger partial charge in [-0.05, 0) is 19.3 Å². The maximum absolute atomic E-state index is 12.0. The zero-order valence-electron chi connectivity index (χ0n) is 15.3. The van der Waals surface area contributed by atoms with Crippen LogP contribution in [-0.2, 0) is 23.9 Å². The molecule has 0 saturated heterocycles. The van der Waals surface area contributed by atoms with Crippen LogP contribution in [0.25, 0.3) is 0 Å². The molecule has 0 aromatic carbocycles. The van der Waals surface area contributed by atoms with Crippen molar-refractivity contribution in [3.63, 3.8) is 0 Å². The van der Waals surface area contributed by atoms with Gasteiger partial charge < -0.3 is 19.4 Å². The number of carboxylic acids is 1. The molecule has 0 bridgehead atoms. The van der Waals surface area contributed by atoms with Crippen LogP contribution in [0.2, 0.25) is 0 Å². The number of aliphatic carboxylic acids is 1. The monoisotopic (exact) mass is 352 g/mol. The summed E-state index contributed by atoms with van der Waals surface area (Å²) in [6.07, 6.45) is 6.44. The zero-order valence-corrected chi connectivity index (χ0v) is 17.3. The second-order valence-corrected chi connectivity index (χ2v) is 5.59. The van der Waals surface area contributed by atoms with Crippen molar-refractivity contribution in [2.24, 2.45) is 5.92 Å². The van der Waals surface area contributed by atoms with Gasteiger partial charge in [0, 0.05) is 5.97 Å². The molecule has 0 radical (unpaired) electrons. The Morgan fingerprint density at radius 1 is 0.875 bits per heavy atom. The Morgan fingerprint density at radius 3 is 2.12 bits per heavy atom. The number of rotatable bonds is 14. The van der Waals surface area contributed by atoms with Crippen LogP contribution in [0.5, 0.6) is 0 Å². The first-order valence-electron chi connectivity index (χ1n) is 8.53. The topological polar surface area (TPSA) is 92.7 Å². The van der Waals surface area contributed by atoms with Gasteiger partial charge in [-0.1, -0.05) is 46.0 Å². The van der Waals surface area contributed by atoms with E-state index in [1.807, 2.05) is 6.92 Å². The predicted octanol–water partition coefficient (Wildman–Crippen LogP) is -1.01. The van der Waals surface area contributed by atoms with Crippen molar-refractivity contribution in [2.45, 2.75) is 71.6 Å². The van der Waals surface area contributed by atoms with E-state index in [2.05, 4.69) is 6.92 Å². The van der Waals surface area contributed by atoms with Crippen LogP contribution >= 0.6 is 0 Å². The number of hydrogen-bond acceptors (Lipinski definition) is 6. The Kier molecular flexibility index (Phi) is 18.4. The van der Waals surface area contributed by atoms with Crippen LogP contribution in [0.15, 0.2) is 0 Å². The molecular weight excluding hydrogens is 323 g/mol. The summed E-state index contributed by atoms with van der Waals surface area (Å²) in [5.74, 6) is -2.26. The van der Waals surface area contributed by atoms with Gasteiger partial charge in [0.05, 0.1) is 12.3 Å². The number of ether oxygens (including phenoxy) is 2. The van der Waals surface area contributed by atoms with E-state index in [1.165, 1.54) is 6.42 Å². The van der Waals surface area contributed by atoms with Gasteiger partial charge in [-0.3, -0.25) is 9.59 Å². The van der Waals surface area contributed by atoms with Crippen molar-refractivity contribution in [3.8, 4) is 0 Å². The van der Waals surface area contributed by atoms with Gasteiger partial charge in [0.1, 0.15) is 13.2 Å². The summed E-state index contributed by atoms with van der Waals surface area (Å²) in [6, 6.07) is 0. The van der Waals surface area contributed by atoms with Gasteiger partial charge in [-0.2, -0.15) is 0 Å². The zero-order chi connectivity index (χ0) is 17.5. The predicted molar refractivity (Wildman–Crippen MR) is 83.3 cm³/mol. The molecule has 0 aliphatic carbocycles. The normalized spacial score (nSPS) is 11.2. The van der Waals surface area contributed by atoms with Gasteiger partial charge in [0.2, 0.25) is 0 Å². The molecule has 0 saturated carbocycles. The molecule has 0 amide bonds. The largest absolute Gasteiger partial charge is 1.00 e. The fourth-order valence-corrected chi connectivity index (χ4v) is 2.24. The van der Waals surface area contributed by atoms with E-state index in [-0.39, 0.29) is 67.5 Å². The van der Waals surface area contributed by atoms with Gasteiger partial charge in [-0.15, -0.1) is 0 Å². The van der Waals surface area contributed by atoms with E-state index < -0.39 is 11.9 Å². The quantitative estimate of drug-likeness (QED) is 0.226. The first-order chi connectivity index (χ1) is 11.0. The molecule has 24 heavy (non-hydrogen) atoms. The van der Waals surface area contributed by atoms with Crippen molar-refractivity contribution in [1.29, 1.82) is 0 Å². The minimum Gasteiger partial charge on any atom is -0.550 e. The summed E-state index contributed by atoms with van der Waals surface area (Å²) in [5, 5.41) is 10.2. The SMILES string of the molecule is CCCCCC[C@@H](CCC)C(=O)OCCOC(=O)CCC(=O)[O-].[Na+]. The van der Waals surface area contributed by atoms with Crippen molar-refractivity contribution >= 4 is 17.9 Å². The molecule has 1 atom stereocenters. The molecule has 0 aliphatic heterocycles. The standard InChI is InChI=1S/C17H30O6.Na/c1-3-5-6-7-9-14(8-4-2)17(21)23-13-12-22-16(20)11-10-15(18)19;/h14H,3-13H2,1-2H3,(H,18,19);/q;+1/p-1/t14-;/m1./s1. The molecule has 0 spiro atoms. The first-order valence-corrected chi connectivity index (χ1v) is 8.53. The molecule has 0 heterocycles. The number of carboxylic acid groups (broad SMARTS) is 1. The molecule has 134 valence electrons. The summed E-state index contributed by atoms with van der Waals surface area (Å²) in [4.78, 5) is 33.4. The average Bonchev–Trinajstić information content (AvgIpc) is 2.52. The van der Waals surface area contributed by atoms with E-state index in [0.29, 0.717) is 0 Å². The van der Waals surface area contributed by atoms with E-state index >= 15 is 0 Å². The van der Waals surface area contributed by atoms with Crippen LogP contribution in [0, 0.1) is 5.92 Å². The third-order valence-corrected chi connectivity index (χ3v) is 3.50. The van der Waals surface area contributed by atoms with Crippen LogP contribution in [0.3, 0.4) is 0 Å². The van der Waals surface area contributed by atoms with Crippen LogP contribution < -0.4 is 34.7 Å². The van der Waals surface area contributed by atoms with E-state index in [9.17, 15) is 19.5 Å². The number of carbonyl (C=O) groups excluding carboxylic acids is 3. The molecular formula is C17H29NaO6. The second-order valence-electron chi connectivity index (χ2n) is 5.59. The average molecular weight is 352 g/mol. The summed E-state index contributed by atoms with van der Waals surface area (Å²) < 4.78 is 9.93. The summed E-state index contributed by atoms with van der Waals surface area (Å²) in [6.45, 7) is 4.13. The Balaban J connectivity index is 0. The van der Waals surface area contributed by atoms with Crippen molar-refractivity contribution < 1.29 is 58.5 Å². The van der Waals surface area contributed by atoms with Gasteiger partial charge in [0.15, 0.2) is 0 Å². The Labute approximate surface area is 166 Å². The Hall–Kier alpha value is -0.590. The van der Waals surface area contributed by atoms with Crippen molar-refractivity contribution in [3.05, 3.63) is 0 Å². The fourth-order valence-electron chi connectivity index (χ4n) is 2.24. The molecule has 0 fully saturated rings. The molecule has 6 nitrogen and oxygen atoms in total. The molecule has 7 heteroatoms. The van der Waals surface area contributed by atoms with E-state index in [4.69, 9.17) is 9.47 Å². The fraction of sp³-hybridized carbons (Fsp3) is 0.824. The third-order valence-electron chi connectivity index (χ3n) is 3.50. The van der Waals surface area contributed by atoms with Crippen molar-refractivity contribution in [2.75, 3.05) is 13.2 Å². The van der Waals surface area contributed by atoms with E-state index in [1.54, 1.807) is 0 Å². The van der Waals surface area contributed by atoms with Gasteiger partial charge in [0.25, 0.3) is 0 Å². The minimum absolute atomic E-state index is 0. The second kappa shape index (κ2) is 17.2. The summed E-state index contributed by atoms with van der Waals surface area (Å²) in [7, 11) is 0. The first kappa shape index (κ1) is 25.6. The van der Waals surface area contributed by atoms with Crippen LogP contribution in [0.4, 0.5) is 0 Å². The van der Waals surface area contributed by atoms with Crippen LogP contribution in [0.1, 0.15) is 71.6 Å². The summed E-state index contributed by atoms with van der Waals surface area (Å²) in [5.41, 5.74) is 0. The number of carbonyl (C=O) groups is 3. The molecule has 0 aromatic heterocycles. The smallest absolute Gasteiger partial charge is 0.550 e. The molecule has 0 N–H and O–H groups in total. The molecule has 0 aliphatic rings. The Bertz CT molecular complexity index is 359. The van der Waals surface area contributed by atoms with Crippen LogP contribution in [-0.4, -0.2) is 31.1 Å². The Morgan fingerprint density at radius 2 is 1.54 bits per heavy atom. The van der Waals surface area contributed by atoms with Gasteiger partial charge >= 0.3 is 41.5 Å². The minimum atomic E-state index is -1.29. The third kappa shape index (κ3) is 15.0. The molecule has 0 aromatic rings. The maximum Gasteiger partial charge on any atom is 1.00 e. The maximum atomic E-state index is 12.0. The van der Waals surface area contributed by atoms with E-state index in [0.717, 1.165) is 38.5 Å². The number of esters is 2. The summed E-state index contributed by atoms with van der Waals surface area (Å²) >= 11 is 0. The number of unbranched alkanes of at least 4 members (excludes halogenated alkanes) is 3. The number of hydrogen-bond donors (Lipinski definition) is 0.